The van der Waals surface area contributed by atoms with Crippen LogP contribution in [0.25, 0.3) is 0 Å². The molecule has 0 saturated heterocycles. The average molecular weight is 382 g/mol. The number of para-hydroxylation sites is 1. The molecule has 2 aromatic carbocycles. The van der Waals surface area contributed by atoms with Crippen LogP contribution in [0.15, 0.2) is 42.5 Å². The number of amides is 1. The van der Waals surface area contributed by atoms with Gasteiger partial charge in [-0.1, -0.05) is 12.1 Å². The van der Waals surface area contributed by atoms with E-state index in [4.69, 9.17) is 4.74 Å². The molecule has 146 valence electrons. The second kappa shape index (κ2) is 7.62. The van der Waals surface area contributed by atoms with Crippen molar-refractivity contribution in [1.82, 2.24) is 4.90 Å². The predicted octanol–water partition coefficient (Wildman–Crippen LogP) is 3.42. The van der Waals surface area contributed by atoms with Crippen LogP contribution < -0.4 is 9.64 Å². The summed E-state index contributed by atoms with van der Waals surface area (Å²) in [6, 6.07) is 12.0. The van der Waals surface area contributed by atoms with E-state index in [9.17, 15) is 14.0 Å². The van der Waals surface area contributed by atoms with Gasteiger partial charge in [-0.05, 0) is 48.7 Å². The van der Waals surface area contributed by atoms with Gasteiger partial charge in [0.2, 0.25) is 5.91 Å². The molecule has 1 fully saturated rings. The van der Waals surface area contributed by atoms with Crippen LogP contribution in [0.3, 0.4) is 0 Å². The summed E-state index contributed by atoms with van der Waals surface area (Å²) in [7, 11) is 1.53. The Morgan fingerprint density at radius 3 is 2.75 bits per heavy atom. The summed E-state index contributed by atoms with van der Waals surface area (Å²) >= 11 is 0. The molecule has 5 nitrogen and oxygen atoms in total. The van der Waals surface area contributed by atoms with E-state index in [0.717, 1.165) is 24.1 Å². The lowest BCUT2D eigenvalue weighted by molar-refractivity contribution is -0.132. The maximum absolute atomic E-state index is 13.9. The van der Waals surface area contributed by atoms with E-state index in [0.29, 0.717) is 30.8 Å². The third kappa shape index (κ3) is 3.72. The normalized spacial score (nSPS) is 17.0. The number of anilines is 1. The Labute approximate surface area is 163 Å². The summed E-state index contributed by atoms with van der Waals surface area (Å²) in [5.74, 6) is 0.153. The predicted molar refractivity (Wildman–Crippen MR) is 104 cm³/mol. The zero-order valence-electron chi connectivity index (χ0n) is 15.9. The first-order valence-electron chi connectivity index (χ1n) is 9.56. The summed E-state index contributed by atoms with van der Waals surface area (Å²) in [5, 5.41) is 0. The number of Topliss-reactive ketones (excluding diaryl/α,β-unsaturated/α-hetero) is 1. The maximum atomic E-state index is 13.9. The van der Waals surface area contributed by atoms with Crippen molar-refractivity contribution in [3.05, 3.63) is 59.4 Å². The summed E-state index contributed by atoms with van der Waals surface area (Å²) in [5.41, 5.74) is 2.05. The Morgan fingerprint density at radius 2 is 2.00 bits per heavy atom. The van der Waals surface area contributed by atoms with Gasteiger partial charge in [0, 0.05) is 31.2 Å². The third-order valence-corrected chi connectivity index (χ3v) is 5.37. The topological polar surface area (TPSA) is 49.9 Å². The van der Waals surface area contributed by atoms with Crippen LogP contribution in [-0.4, -0.2) is 42.8 Å². The van der Waals surface area contributed by atoms with Crippen molar-refractivity contribution in [3.63, 3.8) is 0 Å². The molecule has 0 radical (unpaired) electrons. The van der Waals surface area contributed by atoms with Gasteiger partial charge in [0.25, 0.3) is 0 Å². The zero-order valence-corrected chi connectivity index (χ0v) is 15.9. The van der Waals surface area contributed by atoms with Gasteiger partial charge in [-0.3, -0.25) is 9.59 Å². The molecule has 2 aromatic rings. The fourth-order valence-electron chi connectivity index (χ4n) is 3.77. The minimum atomic E-state index is -0.335. The molecular weight excluding hydrogens is 359 g/mol. The Kier molecular flexibility index (Phi) is 5.03. The molecule has 1 aliphatic carbocycles. The lowest BCUT2D eigenvalue weighted by atomic mass is 10.1. The number of benzene rings is 2. The summed E-state index contributed by atoms with van der Waals surface area (Å²) in [6.45, 7) is 0.910. The standard InChI is InChI=1S/C22H23FN2O3/c1-28-21-5-3-2-4-18(21)20(26)14-24-11-10-22(27)25(17-7-8-17)13-15-12-16(23)6-9-19(15)24/h2-6,9,12,17H,7-8,10-11,13-14H2,1H3. The number of nitrogens with zero attached hydrogens (tertiary/aromatic N) is 2. The number of halogens is 1. The molecule has 28 heavy (non-hydrogen) atoms. The molecule has 0 unspecified atom stereocenters. The number of hydrogen-bond acceptors (Lipinski definition) is 4. The molecule has 1 amide bonds. The number of ether oxygens (including phenoxy) is 1. The van der Waals surface area contributed by atoms with Crippen LogP contribution in [0.5, 0.6) is 5.75 Å². The van der Waals surface area contributed by atoms with E-state index >= 15 is 0 Å². The SMILES string of the molecule is COc1ccccc1C(=O)CN1CCC(=O)N(C2CC2)Cc2cc(F)ccc21. The zero-order chi connectivity index (χ0) is 19.7. The highest BCUT2D eigenvalue weighted by atomic mass is 19.1. The van der Waals surface area contributed by atoms with Crippen molar-refractivity contribution in [2.45, 2.75) is 31.8 Å². The lowest BCUT2D eigenvalue weighted by Gasteiger charge is -2.33. The van der Waals surface area contributed by atoms with E-state index in [1.165, 1.54) is 19.2 Å². The minimum Gasteiger partial charge on any atom is -0.496 e. The van der Waals surface area contributed by atoms with Crippen LogP contribution in [0.2, 0.25) is 0 Å². The van der Waals surface area contributed by atoms with Crippen molar-refractivity contribution < 1.29 is 18.7 Å². The van der Waals surface area contributed by atoms with Gasteiger partial charge in [-0.25, -0.2) is 4.39 Å². The second-order valence-corrected chi connectivity index (χ2v) is 7.32. The third-order valence-electron chi connectivity index (χ3n) is 5.37. The molecule has 6 heteroatoms. The van der Waals surface area contributed by atoms with Gasteiger partial charge in [0.1, 0.15) is 11.6 Å². The fraction of sp³-hybridized carbons (Fsp3) is 0.364. The van der Waals surface area contributed by atoms with E-state index in [-0.39, 0.29) is 30.1 Å². The Bertz CT molecular complexity index is 910. The van der Waals surface area contributed by atoms with E-state index in [2.05, 4.69) is 0 Å². The highest BCUT2D eigenvalue weighted by Crippen LogP contribution is 2.33. The number of rotatable bonds is 5. The molecule has 0 spiro atoms. The van der Waals surface area contributed by atoms with Gasteiger partial charge in [0.15, 0.2) is 5.78 Å². The van der Waals surface area contributed by atoms with Crippen LogP contribution in [0.4, 0.5) is 10.1 Å². The number of fused-ring (bicyclic) bond motifs is 1. The second-order valence-electron chi connectivity index (χ2n) is 7.32. The fourth-order valence-corrected chi connectivity index (χ4v) is 3.77. The Hall–Kier alpha value is -2.89. The summed E-state index contributed by atoms with van der Waals surface area (Å²) < 4.78 is 19.2. The van der Waals surface area contributed by atoms with Gasteiger partial charge in [0.05, 0.1) is 19.2 Å². The number of hydrogen-bond donors (Lipinski definition) is 0. The number of ketones is 1. The lowest BCUT2D eigenvalue weighted by Crippen LogP contribution is -2.40. The average Bonchev–Trinajstić information content (AvgIpc) is 3.53. The molecule has 1 aliphatic heterocycles. The molecule has 0 atom stereocenters. The smallest absolute Gasteiger partial charge is 0.224 e. The molecular formula is C22H23FN2O3. The van der Waals surface area contributed by atoms with Crippen molar-refractivity contribution in [2.24, 2.45) is 0 Å². The quantitative estimate of drug-likeness (QED) is 0.744. The Balaban J connectivity index is 1.64. The molecule has 4 rings (SSSR count). The molecule has 0 N–H and O–H groups in total. The van der Waals surface area contributed by atoms with Gasteiger partial charge in [-0.2, -0.15) is 0 Å². The molecule has 1 saturated carbocycles. The highest BCUT2D eigenvalue weighted by molar-refractivity contribution is 6.01. The van der Waals surface area contributed by atoms with Crippen molar-refractivity contribution >= 4 is 17.4 Å². The van der Waals surface area contributed by atoms with Crippen LogP contribution in [-0.2, 0) is 11.3 Å². The number of carbonyl (C=O) groups is 2. The van der Waals surface area contributed by atoms with E-state index < -0.39 is 0 Å². The summed E-state index contributed by atoms with van der Waals surface area (Å²) in [4.78, 5) is 29.3. The highest BCUT2D eigenvalue weighted by Gasteiger charge is 2.34. The number of methoxy groups -OCH3 is 1. The van der Waals surface area contributed by atoms with Gasteiger partial charge in [-0.15, -0.1) is 0 Å². The van der Waals surface area contributed by atoms with E-state index in [1.54, 1.807) is 24.3 Å². The molecule has 0 aromatic heterocycles. The first-order chi connectivity index (χ1) is 13.6. The molecule has 2 aliphatic rings. The van der Waals surface area contributed by atoms with Crippen molar-refractivity contribution in [1.29, 1.82) is 0 Å². The van der Waals surface area contributed by atoms with Crippen molar-refractivity contribution in [2.75, 3.05) is 25.1 Å². The minimum absolute atomic E-state index is 0.0622. The maximum Gasteiger partial charge on any atom is 0.224 e. The Morgan fingerprint density at radius 1 is 1.21 bits per heavy atom. The van der Waals surface area contributed by atoms with Crippen molar-refractivity contribution in [3.8, 4) is 5.75 Å². The first kappa shape index (κ1) is 18.5. The summed E-state index contributed by atoms with van der Waals surface area (Å²) in [6.07, 6.45) is 2.35. The van der Waals surface area contributed by atoms with Crippen LogP contribution in [0, 0.1) is 5.82 Å². The van der Waals surface area contributed by atoms with Gasteiger partial charge >= 0.3 is 0 Å². The van der Waals surface area contributed by atoms with E-state index in [1.807, 2.05) is 15.9 Å². The van der Waals surface area contributed by atoms with Crippen LogP contribution >= 0.6 is 0 Å². The largest absolute Gasteiger partial charge is 0.496 e. The molecule has 0 bridgehead atoms. The van der Waals surface area contributed by atoms with Gasteiger partial charge < -0.3 is 14.5 Å². The monoisotopic (exact) mass is 382 g/mol. The van der Waals surface area contributed by atoms with Crippen LogP contribution in [0.1, 0.15) is 35.2 Å². The molecule has 1 heterocycles. The first-order valence-corrected chi connectivity index (χ1v) is 9.56. The number of carbonyl (C=O) groups excluding carboxylic acids is 2.